The lowest BCUT2D eigenvalue weighted by molar-refractivity contribution is 0.457. The third kappa shape index (κ3) is 3.61. The predicted molar refractivity (Wildman–Crippen MR) is 83.6 cm³/mol. The zero-order valence-corrected chi connectivity index (χ0v) is 13.2. The number of hydrogen-bond donors (Lipinski definition) is 0. The Hall–Kier alpha value is -2.34. The van der Waals surface area contributed by atoms with Crippen molar-refractivity contribution < 1.29 is 4.74 Å². The number of ether oxygens (including phenoxy) is 1. The molecule has 0 fully saturated rings. The number of rotatable bonds is 2. The fourth-order valence-corrected chi connectivity index (χ4v) is 2.10. The maximum absolute atomic E-state index is 9.00. The summed E-state index contributed by atoms with van der Waals surface area (Å²) < 4.78 is 5.84. The first kappa shape index (κ1) is 15.1. The molecule has 3 heteroatoms. The third-order valence-electron chi connectivity index (χ3n) is 3.31. The molecule has 0 amide bonds. The van der Waals surface area contributed by atoms with Gasteiger partial charge >= 0.3 is 0 Å². The molecule has 0 aliphatic rings. The van der Waals surface area contributed by atoms with Gasteiger partial charge in [-0.1, -0.05) is 32.9 Å². The average molecular weight is 280 g/mol. The Morgan fingerprint density at radius 2 is 1.81 bits per heavy atom. The van der Waals surface area contributed by atoms with E-state index in [0.29, 0.717) is 11.4 Å². The Morgan fingerprint density at radius 1 is 1.10 bits per heavy atom. The maximum atomic E-state index is 9.00. The molecular weight excluding hydrogens is 260 g/mol. The number of nitrogens with zero attached hydrogens (tertiary/aromatic N) is 2. The molecule has 0 spiro atoms. The highest BCUT2D eigenvalue weighted by Gasteiger charge is 2.15. The summed E-state index contributed by atoms with van der Waals surface area (Å²) in [4.78, 5) is 4.32. The van der Waals surface area contributed by atoms with Gasteiger partial charge in [-0.2, -0.15) is 5.26 Å². The Balaban J connectivity index is 2.33. The third-order valence-corrected chi connectivity index (χ3v) is 3.31. The van der Waals surface area contributed by atoms with E-state index in [4.69, 9.17) is 10.00 Å². The van der Waals surface area contributed by atoms with Crippen LogP contribution in [-0.2, 0) is 5.41 Å². The first-order valence-corrected chi connectivity index (χ1v) is 6.97. The van der Waals surface area contributed by atoms with Gasteiger partial charge in [0, 0.05) is 11.8 Å². The van der Waals surface area contributed by atoms with Gasteiger partial charge in [-0.15, -0.1) is 0 Å². The minimum Gasteiger partial charge on any atom is -0.439 e. The van der Waals surface area contributed by atoms with Gasteiger partial charge < -0.3 is 4.74 Å². The van der Waals surface area contributed by atoms with E-state index in [9.17, 15) is 0 Å². The topological polar surface area (TPSA) is 45.9 Å². The highest BCUT2D eigenvalue weighted by atomic mass is 16.5. The highest BCUT2D eigenvalue weighted by molar-refractivity contribution is 5.42. The molecule has 0 aliphatic carbocycles. The summed E-state index contributed by atoms with van der Waals surface area (Å²) in [6.45, 7) is 10.4. The van der Waals surface area contributed by atoms with Gasteiger partial charge in [-0.25, -0.2) is 4.98 Å². The fourth-order valence-electron chi connectivity index (χ4n) is 2.10. The van der Waals surface area contributed by atoms with Crippen molar-refractivity contribution in [2.75, 3.05) is 0 Å². The van der Waals surface area contributed by atoms with Gasteiger partial charge in [0.25, 0.3) is 0 Å². The molecule has 1 heterocycles. The molecule has 0 N–H and O–H groups in total. The van der Waals surface area contributed by atoms with E-state index in [1.807, 2.05) is 19.9 Å². The summed E-state index contributed by atoms with van der Waals surface area (Å²) in [5.41, 5.74) is 3.76. The minimum atomic E-state index is 0.110. The molecule has 0 saturated carbocycles. The van der Waals surface area contributed by atoms with Gasteiger partial charge in [-0.3, -0.25) is 0 Å². The lowest BCUT2D eigenvalue weighted by atomic mass is 9.86. The Kier molecular flexibility index (Phi) is 3.99. The average Bonchev–Trinajstić information content (AvgIpc) is 2.39. The van der Waals surface area contributed by atoms with E-state index in [2.05, 4.69) is 44.0 Å². The van der Waals surface area contributed by atoms with Gasteiger partial charge in [0.15, 0.2) is 0 Å². The van der Waals surface area contributed by atoms with Crippen molar-refractivity contribution in [2.45, 2.75) is 40.0 Å². The Labute approximate surface area is 126 Å². The first-order chi connectivity index (χ1) is 9.79. The first-order valence-electron chi connectivity index (χ1n) is 6.97. The van der Waals surface area contributed by atoms with Crippen LogP contribution in [0.2, 0.25) is 0 Å². The van der Waals surface area contributed by atoms with Gasteiger partial charge in [-0.05, 0) is 42.5 Å². The number of pyridine rings is 1. The number of aryl methyl sites for hydroxylation is 2. The molecule has 0 saturated heterocycles. The lowest BCUT2D eigenvalue weighted by Crippen LogP contribution is -2.11. The van der Waals surface area contributed by atoms with Gasteiger partial charge in [0.05, 0.1) is 11.6 Å². The molecule has 3 nitrogen and oxygen atoms in total. The molecule has 21 heavy (non-hydrogen) atoms. The van der Waals surface area contributed by atoms with E-state index in [-0.39, 0.29) is 5.41 Å². The van der Waals surface area contributed by atoms with E-state index in [0.717, 1.165) is 17.0 Å². The van der Waals surface area contributed by atoms with E-state index < -0.39 is 0 Å². The molecule has 0 unspecified atom stereocenters. The summed E-state index contributed by atoms with van der Waals surface area (Å²) in [5.74, 6) is 1.23. The van der Waals surface area contributed by atoms with Crippen LogP contribution in [0.5, 0.6) is 11.6 Å². The highest BCUT2D eigenvalue weighted by Crippen LogP contribution is 2.30. The number of nitriles is 1. The molecule has 0 radical (unpaired) electrons. The van der Waals surface area contributed by atoms with Crippen LogP contribution in [0.15, 0.2) is 30.3 Å². The molecule has 0 atom stereocenters. The van der Waals surface area contributed by atoms with Crippen molar-refractivity contribution in [3.05, 3.63) is 52.7 Å². The molecule has 0 bridgehead atoms. The van der Waals surface area contributed by atoms with Crippen LogP contribution in [0.4, 0.5) is 0 Å². The fraction of sp³-hybridized carbons (Fsp3) is 0.333. The number of benzene rings is 1. The minimum absolute atomic E-state index is 0.110. The summed E-state index contributed by atoms with van der Waals surface area (Å²) in [6, 6.07) is 11.7. The van der Waals surface area contributed by atoms with Crippen molar-refractivity contribution in [2.24, 2.45) is 0 Å². The molecule has 108 valence electrons. The van der Waals surface area contributed by atoms with E-state index in [1.165, 1.54) is 5.56 Å². The SMILES string of the molecule is Cc1cc(C#N)cc(Oc2ccc(C(C)(C)C)cc2C)n1. The van der Waals surface area contributed by atoms with Crippen LogP contribution in [0.25, 0.3) is 0 Å². The van der Waals surface area contributed by atoms with Crippen LogP contribution in [-0.4, -0.2) is 4.98 Å². The van der Waals surface area contributed by atoms with Crippen LogP contribution in [0.1, 0.15) is 43.2 Å². The van der Waals surface area contributed by atoms with Crippen molar-refractivity contribution in [3.63, 3.8) is 0 Å². The van der Waals surface area contributed by atoms with Crippen LogP contribution in [0.3, 0.4) is 0 Å². The van der Waals surface area contributed by atoms with Crippen LogP contribution in [0, 0.1) is 25.2 Å². The second kappa shape index (κ2) is 5.57. The molecule has 1 aromatic carbocycles. The Morgan fingerprint density at radius 3 is 2.38 bits per heavy atom. The lowest BCUT2D eigenvalue weighted by Gasteiger charge is -2.20. The van der Waals surface area contributed by atoms with E-state index >= 15 is 0 Å². The zero-order chi connectivity index (χ0) is 15.6. The second-order valence-electron chi connectivity index (χ2n) is 6.28. The van der Waals surface area contributed by atoms with Gasteiger partial charge in [0.2, 0.25) is 5.88 Å². The maximum Gasteiger partial charge on any atom is 0.220 e. The van der Waals surface area contributed by atoms with E-state index in [1.54, 1.807) is 12.1 Å². The molecule has 1 aromatic heterocycles. The monoisotopic (exact) mass is 280 g/mol. The summed E-state index contributed by atoms with van der Waals surface area (Å²) >= 11 is 0. The summed E-state index contributed by atoms with van der Waals surface area (Å²) in [6.07, 6.45) is 0. The van der Waals surface area contributed by atoms with Crippen LogP contribution < -0.4 is 4.74 Å². The smallest absolute Gasteiger partial charge is 0.220 e. The molecular formula is C18H20N2O. The largest absolute Gasteiger partial charge is 0.439 e. The Bertz CT molecular complexity index is 706. The van der Waals surface area contributed by atoms with Crippen molar-refractivity contribution >= 4 is 0 Å². The normalized spacial score (nSPS) is 11.0. The summed E-state index contributed by atoms with van der Waals surface area (Å²) in [5, 5.41) is 9.00. The molecule has 2 aromatic rings. The van der Waals surface area contributed by atoms with Crippen LogP contribution >= 0.6 is 0 Å². The van der Waals surface area contributed by atoms with Gasteiger partial charge in [0.1, 0.15) is 5.75 Å². The number of hydrogen-bond acceptors (Lipinski definition) is 3. The molecule has 0 aliphatic heterocycles. The number of aromatic nitrogens is 1. The summed E-state index contributed by atoms with van der Waals surface area (Å²) in [7, 11) is 0. The van der Waals surface area contributed by atoms with Crippen molar-refractivity contribution in [3.8, 4) is 17.7 Å². The quantitative estimate of drug-likeness (QED) is 0.803. The second-order valence-corrected chi connectivity index (χ2v) is 6.28. The molecule has 2 rings (SSSR count). The standard InChI is InChI=1S/C18H20N2O/c1-12-8-15(18(3,4)5)6-7-16(12)21-17-10-14(11-19)9-13(2)20-17/h6-10H,1-5H3. The predicted octanol–water partition coefficient (Wildman–Crippen LogP) is 4.66. The zero-order valence-electron chi connectivity index (χ0n) is 13.2. The van der Waals surface area contributed by atoms with Crippen molar-refractivity contribution in [1.82, 2.24) is 4.98 Å². The van der Waals surface area contributed by atoms with Crippen molar-refractivity contribution in [1.29, 1.82) is 5.26 Å².